The number of likely N-dealkylation sites (tertiary alicyclic amines) is 1. The van der Waals surface area contributed by atoms with Gasteiger partial charge in [-0.05, 0) is 50.3 Å². The van der Waals surface area contributed by atoms with Gasteiger partial charge in [0.2, 0.25) is 5.91 Å². The topological polar surface area (TPSA) is 84.9 Å². The molecule has 2 amide bonds. The first-order valence-corrected chi connectivity index (χ1v) is 13.3. The SMILES string of the molecule is CC(C)(C)OC(=O)N1CCCC1C(=O)NC(C(=O)OCc1ccccc1)C(c1ccccc1)c1ccccc1. The lowest BCUT2D eigenvalue weighted by Gasteiger charge is -2.31. The van der Waals surface area contributed by atoms with Gasteiger partial charge < -0.3 is 14.8 Å². The van der Waals surface area contributed by atoms with Gasteiger partial charge in [0.1, 0.15) is 24.3 Å². The molecule has 1 aliphatic heterocycles. The van der Waals surface area contributed by atoms with Gasteiger partial charge >= 0.3 is 12.1 Å². The molecule has 1 N–H and O–H groups in total. The predicted molar refractivity (Wildman–Crippen MR) is 149 cm³/mol. The fourth-order valence-corrected chi connectivity index (χ4v) is 4.82. The fourth-order valence-electron chi connectivity index (χ4n) is 4.82. The van der Waals surface area contributed by atoms with Crippen molar-refractivity contribution in [2.45, 2.75) is 63.8 Å². The van der Waals surface area contributed by atoms with Crippen molar-refractivity contribution in [3.63, 3.8) is 0 Å². The van der Waals surface area contributed by atoms with Crippen LogP contribution >= 0.6 is 0 Å². The standard InChI is InChI=1S/C32H36N2O5/c1-32(2,3)39-31(37)34-21-13-20-26(34)29(35)33-28(30(36)38-22-23-14-7-4-8-15-23)27(24-16-9-5-10-17-24)25-18-11-6-12-19-25/h4-12,14-19,26-28H,13,20-22H2,1-3H3,(H,33,35). The molecule has 0 aromatic heterocycles. The smallest absolute Gasteiger partial charge is 0.410 e. The number of hydrogen-bond donors (Lipinski definition) is 1. The molecule has 0 aliphatic carbocycles. The molecular weight excluding hydrogens is 492 g/mol. The first-order valence-electron chi connectivity index (χ1n) is 13.3. The maximum atomic E-state index is 13.7. The van der Waals surface area contributed by atoms with E-state index in [2.05, 4.69) is 5.32 Å². The Hall–Kier alpha value is -4.13. The zero-order chi connectivity index (χ0) is 27.8. The monoisotopic (exact) mass is 528 g/mol. The van der Waals surface area contributed by atoms with E-state index in [4.69, 9.17) is 9.47 Å². The summed E-state index contributed by atoms with van der Waals surface area (Å²) in [4.78, 5) is 41.7. The second-order valence-corrected chi connectivity index (χ2v) is 10.7. The van der Waals surface area contributed by atoms with Crippen LogP contribution in [-0.2, 0) is 25.7 Å². The molecule has 0 radical (unpaired) electrons. The Bertz CT molecular complexity index is 1200. The molecule has 7 nitrogen and oxygen atoms in total. The molecule has 7 heteroatoms. The molecule has 4 rings (SSSR count). The van der Waals surface area contributed by atoms with Gasteiger partial charge in [-0.2, -0.15) is 0 Å². The van der Waals surface area contributed by atoms with E-state index < -0.39 is 41.6 Å². The molecule has 1 saturated heterocycles. The van der Waals surface area contributed by atoms with Crippen LogP contribution in [0.1, 0.15) is 56.2 Å². The van der Waals surface area contributed by atoms with Crippen molar-refractivity contribution >= 4 is 18.0 Å². The number of benzene rings is 3. The maximum Gasteiger partial charge on any atom is 0.410 e. The molecule has 2 unspecified atom stereocenters. The van der Waals surface area contributed by atoms with E-state index in [0.717, 1.165) is 16.7 Å². The summed E-state index contributed by atoms with van der Waals surface area (Å²) in [6, 6.07) is 26.8. The molecule has 1 aliphatic rings. The molecule has 3 aromatic rings. The number of nitrogens with one attached hydrogen (secondary N) is 1. The molecule has 2 atom stereocenters. The molecule has 0 bridgehead atoms. The van der Waals surface area contributed by atoms with Crippen molar-refractivity contribution < 1.29 is 23.9 Å². The lowest BCUT2D eigenvalue weighted by molar-refractivity contribution is -0.150. The van der Waals surface area contributed by atoms with Crippen LogP contribution in [0.2, 0.25) is 0 Å². The molecule has 204 valence electrons. The normalized spacial score (nSPS) is 16.0. The minimum absolute atomic E-state index is 0.0792. The van der Waals surface area contributed by atoms with E-state index in [1.165, 1.54) is 4.90 Å². The van der Waals surface area contributed by atoms with Gasteiger partial charge in [-0.25, -0.2) is 9.59 Å². The Kier molecular flexibility index (Phi) is 9.02. The van der Waals surface area contributed by atoms with Crippen LogP contribution in [0, 0.1) is 0 Å². The Morgan fingerprint density at radius 1 is 0.872 bits per heavy atom. The first-order chi connectivity index (χ1) is 18.7. The second kappa shape index (κ2) is 12.6. The molecule has 39 heavy (non-hydrogen) atoms. The number of ether oxygens (including phenoxy) is 2. The van der Waals surface area contributed by atoms with Crippen molar-refractivity contribution in [3.05, 3.63) is 108 Å². The maximum absolute atomic E-state index is 13.7. The Balaban J connectivity index is 1.64. The number of rotatable bonds is 8. The van der Waals surface area contributed by atoms with Gasteiger partial charge in [0.15, 0.2) is 0 Å². The third-order valence-electron chi connectivity index (χ3n) is 6.61. The highest BCUT2D eigenvalue weighted by molar-refractivity contribution is 5.91. The van der Waals surface area contributed by atoms with E-state index in [1.54, 1.807) is 20.8 Å². The van der Waals surface area contributed by atoms with Gasteiger partial charge in [0, 0.05) is 12.5 Å². The highest BCUT2D eigenvalue weighted by atomic mass is 16.6. The average molecular weight is 529 g/mol. The summed E-state index contributed by atoms with van der Waals surface area (Å²) in [5, 5.41) is 2.98. The van der Waals surface area contributed by atoms with Gasteiger partial charge in [0.05, 0.1) is 0 Å². The summed E-state index contributed by atoms with van der Waals surface area (Å²) in [5.41, 5.74) is 1.89. The molecule has 0 spiro atoms. The third-order valence-corrected chi connectivity index (χ3v) is 6.61. The summed E-state index contributed by atoms with van der Waals surface area (Å²) in [5.74, 6) is -1.46. The molecule has 3 aromatic carbocycles. The van der Waals surface area contributed by atoms with E-state index in [9.17, 15) is 14.4 Å². The molecular formula is C32H36N2O5. The molecule has 1 fully saturated rings. The van der Waals surface area contributed by atoms with E-state index >= 15 is 0 Å². The zero-order valence-corrected chi connectivity index (χ0v) is 22.7. The van der Waals surface area contributed by atoms with Crippen molar-refractivity contribution in [3.8, 4) is 0 Å². The molecule has 1 heterocycles. The van der Waals surface area contributed by atoms with Crippen LogP contribution < -0.4 is 5.32 Å². The summed E-state index contributed by atoms with van der Waals surface area (Å²) in [7, 11) is 0. The summed E-state index contributed by atoms with van der Waals surface area (Å²) in [6.45, 7) is 5.87. The van der Waals surface area contributed by atoms with Crippen molar-refractivity contribution in [2.75, 3.05) is 6.54 Å². The van der Waals surface area contributed by atoms with Crippen LogP contribution in [0.4, 0.5) is 4.79 Å². The largest absolute Gasteiger partial charge is 0.459 e. The minimum Gasteiger partial charge on any atom is -0.459 e. The van der Waals surface area contributed by atoms with Crippen molar-refractivity contribution in [1.29, 1.82) is 0 Å². The Morgan fingerprint density at radius 3 is 1.95 bits per heavy atom. The van der Waals surface area contributed by atoms with E-state index in [1.807, 2.05) is 91.0 Å². The number of amides is 2. The number of nitrogens with zero attached hydrogens (tertiary/aromatic N) is 1. The predicted octanol–water partition coefficient (Wildman–Crippen LogP) is 5.45. The molecule has 0 saturated carbocycles. The van der Waals surface area contributed by atoms with Gasteiger partial charge in [-0.15, -0.1) is 0 Å². The number of carbonyl (C=O) groups is 3. The van der Waals surface area contributed by atoms with E-state index in [0.29, 0.717) is 19.4 Å². The van der Waals surface area contributed by atoms with Crippen molar-refractivity contribution in [2.24, 2.45) is 0 Å². The first kappa shape index (κ1) is 27.9. The van der Waals surface area contributed by atoms with Crippen LogP contribution in [-0.4, -0.2) is 47.1 Å². The summed E-state index contributed by atoms with van der Waals surface area (Å²) >= 11 is 0. The lowest BCUT2D eigenvalue weighted by Crippen LogP contribution is -2.53. The summed E-state index contributed by atoms with van der Waals surface area (Å²) < 4.78 is 11.3. The highest BCUT2D eigenvalue weighted by Gasteiger charge is 2.40. The van der Waals surface area contributed by atoms with Crippen LogP contribution in [0.25, 0.3) is 0 Å². The average Bonchev–Trinajstić information content (AvgIpc) is 3.43. The highest BCUT2D eigenvalue weighted by Crippen LogP contribution is 2.30. The van der Waals surface area contributed by atoms with E-state index in [-0.39, 0.29) is 6.61 Å². The number of carbonyl (C=O) groups excluding carboxylic acids is 3. The third kappa shape index (κ3) is 7.47. The van der Waals surface area contributed by atoms with Gasteiger partial charge in [-0.3, -0.25) is 9.69 Å². The minimum atomic E-state index is -1.02. The van der Waals surface area contributed by atoms with Crippen LogP contribution in [0.15, 0.2) is 91.0 Å². The Labute approximate surface area is 230 Å². The summed E-state index contributed by atoms with van der Waals surface area (Å²) in [6.07, 6.45) is 0.616. The van der Waals surface area contributed by atoms with Crippen molar-refractivity contribution in [1.82, 2.24) is 10.2 Å². The van der Waals surface area contributed by atoms with Gasteiger partial charge in [0.25, 0.3) is 0 Å². The quantitative estimate of drug-likeness (QED) is 0.393. The second-order valence-electron chi connectivity index (χ2n) is 10.7. The number of hydrogen-bond acceptors (Lipinski definition) is 5. The van der Waals surface area contributed by atoms with Gasteiger partial charge in [-0.1, -0.05) is 91.0 Å². The zero-order valence-electron chi connectivity index (χ0n) is 22.7. The fraction of sp³-hybridized carbons (Fsp3) is 0.344. The van der Waals surface area contributed by atoms with Crippen LogP contribution in [0.5, 0.6) is 0 Å². The lowest BCUT2D eigenvalue weighted by atomic mass is 9.84. The number of esters is 1. The van der Waals surface area contributed by atoms with Crippen LogP contribution in [0.3, 0.4) is 0 Å². The Morgan fingerprint density at radius 2 is 1.41 bits per heavy atom.